The van der Waals surface area contributed by atoms with Gasteiger partial charge in [0.25, 0.3) is 0 Å². The molecule has 0 atom stereocenters. The molecule has 0 aromatic rings. The van der Waals surface area contributed by atoms with E-state index in [1.165, 1.54) is 13.8 Å². The maximum absolute atomic E-state index is 11.5. The first-order valence-corrected chi connectivity index (χ1v) is 5.22. The fourth-order valence-corrected chi connectivity index (χ4v) is 0.937. The zero-order chi connectivity index (χ0) is 12.1. The number of rotatable bonds is 5. The quantitative estimate of drug-likeness (QED) is 0.660. The lowest BCUT2D eigenvalue weighted by Crippen LogP contribution is -2.39. The van der Waals surface area contributed by atoms with Crippen molar-refractivity contribution in [3.05, 3.63) is 0 Å². The second-order valence-corrected chi connectivity index (χ2v) is 4.19. The van der Waals surface area contributed by atoms with Crippen LogP contribution in [-0.2, 0) is 19.1 Å². The van der Waals surface area contributed by atoms with Crippen molar-refractivity contribution in [2.45, 2.75) is 59.2 Å². The van der Waals surface area contributed by atoms with E-state index in [1.807, 2.05) is 6.92 Å². The van der Waals surface area contributed by atoms with Gasteiger partial charge in [-0.05, 0) is 34.1 Å². The zero-order valence-electron chi connectivity index (χ0n) is 10.1. The summed E-state index contributed by atoms with van der Waals surface area (Å²) in [6.45, 7) is 8.45. The van der Waals surface area contributed by atoms with E-state index in [1.54, 1.807) is 13.8 Å². The van der Waals surface area contributed by atoms with E-state index in [0.717, 1.165) is 0 Å². The molecule has 0 aromatic carbocycles. The van der Waals surface area contributed by atoms with E-state index >= 15 is 0 Å². The van der Waals surface area contributed by atoms with Crippen LogP contribution in [0.25, 0.3) is 0 Å². The van der Waals surface area contributed by atoms with Crippen LogP contribution >= 0.6 is 0 Å². The van der Waals surface area contributed by atoms with Gasteiger partial charge in [-0.1, -0.05) is 6.92 Å². The van der Waals surface area contributed by atoms with Crippen molar-refractivity contribution in [2.75, 3.05) is 0 Å². The smallest absolute Gasteiger partial charge is 0.350 e. The molecule has 0 saturated heterocycles. The fraction of sp³-hybridized carbons (Fsp3) is 0.818. The minimum atomic E-state index is -1.20. The molecule has 88 valence electrons. The minimum absolute atomic E-state index is 0.207. The highest BCUT2D eigenvalue weighted by Crippen LogP contribution is 2.14. The van der Waals surface area contributed by atoms with Gasteiger partial charge in [0.2, 0.25) is 5.60 Å². The predicted octanol–water partition coefficient (Wildman–Crippen LogP) is 2.06. The predicted molar refractivity (Wildman–Crippen MR) is 56.3 cm³/mol. The summed E-state index contributed by atoms with van der Waals surface area (Å²) in [5.41, 5.74) is -1.20. The van der Waals surface area contributed by atoms with Gasteiger partial charge in [0.1, 0.15) is 0 Å². The summed E-state index contributed by atoms with van der Waals surface area (Å²) in [5.74, 6) is -0.884. The highest BCUT2D eigenvalue weighted by atomic mass is 16.6. The lowest BCUT2D eigenvalue weighted by Gasteiger charge is -2.24. The maximum Gasteiger partial charge on any atom is 0.350 e. The van der Waals surface area contributed by atoms with Gasteiger partial charge < -0.3 is 9.47 Å². The second-order valence-electron chi connectivity index (χ2n) is 4.19. The van der Waals surface area contributed by atoms with Crippen LogP contribution in [0.4, 0.5) is 0 Å². The second kappa shape index (κ2) is 5.73. The van der Waals surface area contributed by atoms with E-state index in [9.17, 15) is 9.59 Å². The van der Waals surface area contributed by atoms with Gasteiger partial charge in [0.15, 0.2) is 0 Å². The van der Waals surface area contributed by atoms with Crippen LogP contribution in [0, 0.1) is 0 Å². The molecule has 0 amide bonds. The summed E-state index contributed by atoms with van der Waals surface area (Å²) < 4.78 is 10.0. The molecule has 15 heavy (non-hydrogen) atoms. The molecule has 0 rings (SSSR count). The molecule has 0 bridgehead atoms. The van der Waals surface area contributed by atoms with Crippen molar-refractivity contribution in [3.63, 3.8) is 0 Å². The molecule has 0 spiro atoms. The first kappa shape index (κ1) is 13.9. The molecule has 0 N–H and O–H groups in total. The summed E-state index contributed by atoms with van der Waals surface area (Å²) in [4.78, 5) is 22.7. The van der Waals surface area contributed by atoms with Crippen LogP contribution in [0.3, 0.4) is 0 Å². The molecule has 0 unspecified atom stereocenters. The summed E-state index contributed by atoms with van der Waals surface area (Å²) >= 11 is 0. The van der Waals surface area contributed by atoms with Gasteiger partial charge >= 0.3 is 11.9 Å². The number of ether oxygens (including phenoxy) is 2. The Morgan fingerprint density at radius 1 is 1.27 bits per heavy atom. The third kappa shape index (κ3) is 5.40. The van der Waals surface area contributed by atoms with Crippen molar-refractivity contribution in [1.82, 2.24) is 0 Å². The van der Waals surface area contributed by atoms with Crippen LogP contribution in [0.5, 0.6) is 0 Å². The molecule has 0 aliphatic carbocycles. The first-order valence-electron chi connectivity index (χ1n) is 5.22. The molecule has 0 radical (unpaired) electrons. The zero-order valence-corrected chi connectivity index (χ0v) is 10.1. The maximum atomic E-state index is 11.5. The molecule has 0 aliphatic heterocycles. The molecular formula is C11H20O4. The number of hydrogen-bond acceptors (Lipinski definition) is 4. The average molecular weight is 216 g/mol. The fourth-order valence-electron chi connectivity index (χ4n) is 0.937. The third-order valence-electron chi connectivity index (χ3n) is 1.66. The average Bonchev–Trinajstić information content (AvgIpc) is 2.01. The van der Waals surface area contributed by atoms with Crippen LogP contribution in [-0.4, -0.2) is 23.6 Å². The largest absolute Gasteiger partial charge is 0.460 e. The molecule has 0 aromatic heterocycles. The standard InChI is InChI=1S/C11H20O4/c1-6-7-9(12)15-11(4,5)10(13)14-8(2)3/h8H,6-7H2,1-5H3. The number of carbonyl (C=O) groups is 2. The van der Waals surface area contributed by atoms with Crippen molar-refractivity contribution in [3.8, 4) is 0 Å². The van der Waals surface area contributed by atoms with Gasteiger partial charge in [-0.2, -0.15) is 0 Å². The number of hydrogen-bond donors (Lipinski definition) is 0. The number of carbonyl (C=O) groups excluding carboxylic acids is 2. The van der Waals surface area contributed by atoms with Gasteiger partial charge in [0, 0.05) is 6.42 Å². The summed E-state index contributed by atoms with van der Waals surface area (Å²) in [5, 5.41) is 0. The molecular weight excluding hydrogens is 196 g/mol. The monoisotopic (exact) mass is 216 g/mol. The van der Waals surface area contributed by atoms with E-state index in [-0.39, 0.29) is 12.1 Å². The van der Waals surface area contributed by atoms with Gasteiger partial charge in [-0.3, -0.25) is 4.79 Å². The van der Waals surface area contributed by atoms with Gasteiger partial charge in [-0.15, -0.1) is 0 Å². The molecule has 0 aliphatic rings. The Labute approximate surface area is 90.9 Å². The summed E-state index contributed by atoms with van der Waals surface area (Å²) in [6, 6.07) is 0. The van der Waals surface area contributed by atoms with Crippen molar-refractivity contribution in [1.29, 1.82) is 0 Å². The highest BCUT2D eigenvalue weighted by Gasteiger charge is 2.34. The van der Waals surface area contributed by atoms with Crippen molar-refractivity contribution >= 4 is 11.9 Å². The normalized spacial score (nSPS) is 11.3. The Balaban J connectivity index is 4.27. The Hall–Kier alpha value is -1.06. The lowest BCUT2D eigenvalue weighted by atomic mass is 10.1. The molecule has 4 heteroatoms. The van der Waals surface area contributed by atoms with E-state index in [4.69, 9.17) is 9.47 Å². The van der Waals surface area contributed by atoms with Crippen molar-refractivity contribution < 1.29 is 19.1 Å². The van der Waals surface area contributed by atoms with Gasteiger partial charge in [0.05, 0.1) is 6.10 Å². The minimum Gasteiger partial charge on any atom is -0.460 e. The van der Waals surface area contributed by atoms with Crippen LogP contribution < -0.4 is 0 Å². The lowest BCUT2D eigenvalue weighted by molar-refractivity contribution is -0.181. The Morgan fingerprint density at radius 2 is 1.80 bits per heavy atom. The molecule has 4 nitrogen and oxygen atoms in total. The van der Waals surface area contributed by atoms with Crippen LogP contribution in [0.1, 0.15) is 47.5 Å². The van der Waals surface area contributed by atoms with Crippen LogP contribution in [0.15, 0.2) is 0 Å². The SMILES string of the molecule is CCCC(=O)OC(C)(C)C(=O)OC(C)C. The summed E-state index contributed by atoms with van der Waals surface area (Å²) in [7, 11) is 0. The number of esters is 2. The highest BCUT2D eigenvalue weighted by molar-refractivity contribution is 5.82. The van der Waals surface area contributed by atoms with Crippen LogP contribution in [0.2, 0.25) is 0 Å². The molecule has 0 fully saturated rings. The Morgan fingerprint density at radius 3 is 2.20 bits per heavy atom. The third-order valence-corrected chi connectivity index (χ3v) is 1.66. The summed E-state index contributed by atoms with van der Waals surface area (Å²) in [6.07, 6.45) is 0.814. The molecule has 0 saturated carbocycles. The Bertz CT molecular complexity index is 231. The van der Waals surface area contributed by atoms with Crippen molar-refractivity contribution in [2.24, 2.45) is 0 Å². The van der Waals surface area contributed by atoms with E-state index in [2.05, 4.69) is 0 Å². The van der Waals surface area contributed by atoms with E-state index in [0.29, 0.717) is 12.8 Å². The Kier molecular flexibility index (Phi) is 5.33. The van der Waals surface area contributed by atoms with Gasteiger partial charge in [-0.25, -0.2) is 4.79 Å². The topological polar surface area (TPSA) is 52.6 Å². The molecule has 0 heterocycles. The van der Waals surface area contributed by atoms with E-state index < -0.39 is 11.6 Å². The first-order chi connectivity index (χ1) is 6.79.